The number of hydrogen-bond acceptors (Lipinski definition) is 6. The number of nitriles is 1. The van der Waals surface area contributed by atoms with E-state index in [2.05, 4.69) is 11.0 Å². The highest BCUT2D eigenvalue weighted by molar-refractivity contribution is 5.77. The molecule has 132 valence electrons. The number of rotatable bonds is 5. The molecule has 0 unspecified atom stereocenters. The van der Waals surface area contributed by atoms with Gasteiger partial charge in [-0.25, -0.2) is 0 Å². The van der Waals surface area contributed by atoms with E-state index in [0.29, 0.717) is 36.8 Å². The molecule has 2 aliphatic rings. The molecule has 0 fully saturated rings. The number of ether oxygens (including phenoxy) is 2. The first-order valence-electron chi connectivity index (χ1n) is 8.15. The summed E-state index contributed by atoms with van der Waals surface area (Å²) in [6.07, 6.45) is 0.911. The van der Waals surface area contributed by atoms with E-state index in [1.165, 1.54) is 0 Å². The Kier molecular flexibility index (Phi) is 4.81. The van der Waals surface area contributed by atoms with E-state index >= 15 is 0 Å². The lowest BCUT2D eigenvalue weighted by molar-refractivity contribution is -0.137. The molecule has 0 aromatic heterocycles. The SMILES string of the molecule is COc1cc2c(cc1OC)C1=C(C#N)CN(CCC(=O)O)CN1CC2. The van der Waals surface area contributed by atoms with Gasteiger partial charge in [-0.05, 0) is 24.1 Å². The monoisotopic (exact) mass is 343 g/mol. The minimum Gasteiger partial charge on any atom is -0.493 e. The van der Waals surface area contributed by atoms with E-state index < -0.39 is 5.97 Å². The molecule has 0 saturated heterocycles. The summed E-state index contributed by atoms with van der Waals surface area (Å²) in [6.45, 7) is 2.31. The number of fused-ring (bicyclic) bond motifs is 3. The van der Waals surface area contributed by atoms with Crippen LogP contribution >= 0.6 is 0 Å². The highest BCUT2D eigenvalue weighted by Gasteiger charge is 2.31. The van der Waals surface area contributed by atoms with Crippen molar-refractivity contribution in [2.24, 2.45) is 0 Å². The number of benzene rings is 1. The topological polar surface area (TPSA) is 86.0 Å². The van der Waals surface area contributed by atoms with E-state index in [9.17, 15) is 10.1 Å². The molecule has 7 nitrogen and oxygen atoms in total. The second-order valence-corrected chi connectivity index (χ2v) is 6.15. The fraction of sp³-hybridized carbons (Fsp3) is 0.444. The predicted molar refractivity (Wildman–Crippen MR) is 91.2 cm³/mol. The highest BCUT2D eigenvalue weighted by atomic mass is 16.5. The van der Waals surface area contributed by atoms with Crippen molar-refractivity contribution in [2.75, 3.05) is 40.5 Å². The number of carboxylic acids is 1. The molecule has 0 aliphatic carbocycles. The third kappa shape index (κ3) is 3.26. The molecule has 7 heteroatoms. The van der Waals surface area contributed by atoms with Crippen LogP contribution in [0.15, 0.2) is 17.7 Å². The van der Waals surface area contributed by atoms with Gasteiger partial charge in [-0.3, -0.25) is 9.69 Å². The first-order chi connectivity index (χ1) is 12.1. The normalized spacial score (nSPS) is 16.8. The molecule has 0 radical (unpaired) electrons. The lowest BCUT2D eigenvalue weighted by Crippen LogP contribution is -2.46. The average Bonchev–Trinajstić information content (AvgIpc) is 2.63. The van der Waals surface area contributed by atoms with Gasteiger partial charge in [0.05, 0.1) is 44.6 Å². The van der Waals surface area contributed by atoms with E-state index in [-0.39, 0.29) is 6.42 Å². The van der Waals surface area contributed by atoms with Crippen LogP contribution in [-0.4, -0.2) is 61.4 Å². The molecular formula is C18H21N3O4. The van der Waals surface area contributed by atoms with Crippen LogP contribution in [0.3, 0.4) is 0 Å². The Morgan fingerprint density at radius 2 is 2.04 bits per heavy atom. The molecule has 0 atom stereocenters. The molecule has 0 spiro atoms. The lowest BCUT2D eigenvalue weighted by atomic mass is 9.92. The van der Waals surface area contributed by atoms with Gasteiger partial charge in [0.1, 0.15) is 0 Å². The number of nitrogens with zero attached hydrogens (tertiary/aromatic N) is 3. The average molecular weight is 343 g/mol. The van der Waals surface area contributed by atoms with Crippen molar-refractivity contribution in [3.63, 3.8) is 0 Å². The van der Waals surface area contributed by atoms with Gasteiger partial charge in [-0.1, -0.05) is 0 Å². The van der Waals surface area contributed by atoms with Gasteiger partial charge in [0, 0.05) is 25.2 Å². The van der Waals surface area contributed by atoms with Crippen LogP contribution in [-0.2, 0) is 11.2 Å². The second kappa shape index (κ2) is 7.03. The fourth-order valence-corrected chi connectivity index (χ4v) is 3.46. The molecule has 0 amide bonds. The maximum atomic E-state index is 10.8. The van der Waals surface area contributed by atoms with Crippen LogP contribution in [0.4, 0.5) is 0 Å². The molecule has 0 saturated carbocycles. The number of carbonyl (C=O) groups is 1. The van der Waals surface area contributed by atoms with E-state index in [1.807, 2.05) is 17.0 Å². The molecule has 25 heavy (non-hydrogen) atoms. The van der Waals surface area contributed by atoms with Crippen LogP contribution in [0.5, 0.6) is 11.5 Å². The maximum absolute atomic E-state index is 10.8. The second-order valence-electron chi connectivity index (χ2n) is 6.15. The van der Waals surface area contributed by atoms with Crippen LogP contribution < -0.4 is 9.47 Å². The molecular weight excluding hydrogens is 322 g/mol. The Balaban J connectivity index is 1.99. The van der Waals surface area contributed by atoms with Gasteiger partial charge in [-0.15, -0.1) is 0 Å². The van der Waals surface area contributed by atoms with Gasteiger partial charge < -0.3 is 19.5 Å². The Labute approximate surface area is 146 Å². The minimum absolute atomic E-state index is 0.0729. The molecule has 1 N–H and O–H groups in total. The fourth-order valence-electron chi connectivity index (χ4n) is 3.46. The highest BCUT2D eigenvalue weighted by Crippen LogP contribution is 2.40. The maximum Gasteiger partial charge on any atom is 0.304 e. The molecule has 2 aliphatic heterocycles. The van der Waals surface area contributed by atoms with Gasteiger partial charge in [-0.2, -0.15) is 5.26 Å². The Bertz CT molecular complexity index is 766. The standard InChI is InChI=1S/C18H21N3O4/c1-24-15-7-12-3-6-21-11-20(5-4-17(22)23)10-13(9-19)18(21)14(12)8-16(15)25-2/h7-8H,3-6,10-11H2,1-2H3,(H,22,23). The molecule has 1 aromatic carbocycles. The Morgan fingerprint density at radius 3 is 2.68 bits per heavy atom. The van der Waals surface area contributed by atoms with Crippen molar-refractivity contribution < 1.29 is 19.4 Å². The summed E-state index contributed by atoms with van der Waals surface area (Å²) in [5, 5.41) is 18.5. The van der Waals surface area contributed by atoms with Crippen molar-refractivity contribution in [1.82, 2.24) is 9.80 Å². The smallest absolute Gasteiger partial charge is 0.304 e. The van der Waals surface area contributed by atoms with E-state index in [1.54, 1.807) is 14.2 Å². The van der Waals surface area contributed by atoms with Crippen LogP contribution in [0.2, 0.25) is 0 Å². The zero-order valence-corrected chi connectivity index (χ0v) is 14.4. The zero-order valence-electron chi connectivity index (χ0n) is 14.4. The summed E-state index contributed by atoms with van der Waals surface area (Å²) in [5.41, 5.74) is 3.72. The Hall–Kier alpha value is -2.72. The molecule has 0 bridgehead atoms. The predicted octanol–water partition coefficient (Wildman–Crippen LogP) is 1.54. The third-order valence-corrected chi connectivity index (χ3v) is 4.65. The van der Waals surface area contributed by atoms with Crippen LogP contribution in [0.1, 0.15) is 17.5 Å². The van der Waals surface area contributed by atoms with Crippen molar-refractivity contribution >= 4 is 11.7 Å². The quantitative estimate of drug-likeness (QED) is 0.868. The number of hydrogen-bond donors (Lipinski definition) is 1. The first kappa shape index (κ1) is 17.1. The summed E-state index contributed by atoms with van der Waals surface area (Å²) < 4.78 is 10.8. The van der Waals surface area contributed by atoms with Crippen molar-refractivity contribution in [3.8, 4) is 17.6 Å². The first-order valence-corrected chi connectivity index (χ1v) is 8.15. The van der Waals surface area contributed by atoms with Gasteiger partial charge in [0.25, 0.3) is 0 Å². The summed E-state index contributed by atoms with van der Waals surface area (Å²) in [5.74, 6) is 0.503. The van der Waals surface area contributed by atoms with Crippen LogP contribution in [0, 0.1) is 11.3 Å². The van der Waals surface area contributed by atoms with Crippen molar-refractivity contribution in [1.29, 1.82) is 5.26 Å². The van der Waals surface area contributed by atoms with Gasteiger partial charge >= 0.3 is 5.97 Å². The van der Waals surface area contributed by atoms with Crippen molar-refractivity contribution in [3.05, 3.63) is 28.8 Å². The Morgan fingerprint density at radius 1 is 1.32 bits per heavy atom. The number of methoxy groups -OCH3 is 2. The molecule has 2 heterocycles. The van der Waals surface area contributed by atoms with Crippen LogP contribution in [0.25, 0.3) is 5.70 Å². The third-order valence-electron chi connectivity index (χ3n) is 4.65. The summed E-state index contributed by atoms with van der Waals surface area (Å²) in [4.78, 5) is 15.0. The van der Waals surface area contributed by atoms with Gasteiger partial charge in [0.15, 0.2) is 11.5 Å². The van der Waals surface area contributed by atoms with E-state index in [4.69, 9.17) is 14.6 Å². The van der Waals surface area contributed by atoms with Gasteiger partial charge in [0.2, 0.25) is 0 Å². The minimum atomic E-state index is -0.825. The van der Waals surface area contributed by atoms with Crippen molar-refractivity contribution in [2.45, 2.75) is 12.8 Å². The number of carboxylic acid groups (broad SMARTS) is 1. The largest absolute Gasteiger partial charge is 0.493 e. The number of aliphatic carboxylic acids is 1. The zero-order chi connectivity index (χ0) is 18.0. The molecule has 3 rings (SSSR count). The van der Waals surface area contributed by atoms with E-state index in [0.717, 1.165) is 29.8 Å². The summed E-state index contributed by atoms with van der Waals surface area (Å²) >= 11 is 0. The summed E-state index contributed by atoms with van der Waals surface area (Å²) in [6, 6.07) is 6.21. The molecule has 1 aromatic rings. The lowest BCUT2D eigenvalue weighted by Gasteiger charge is -2.42. The summed E-state index contributed by atoms with van der Waals surface area (Å²) in [7, 11) is 3.21.